The number of methoxy groups -OCH3 is 1. The molecule has 0 aliphatic carbocycles. The molecule has 0 amide bonds. The van der Waals surface area contributed by atoms with Gasteiger partial charge < -0.3 is 9.47 Å². The Morgan fingerprint density at radius 1 is 1.32 bits per heavy atom. The predicted octanol–water partition coefficient (Wildman–Crippen LogP) is 3.27. The molecular formula is C17H20FNO4S2. The van der Waals surface area contributed by atoms with Gasteiger partial charge >= 0.3 is 0 Å². The fourth-order valence-electron chi connectivity index (χ4n) is 2.92. The molecule has 1 aromatic carbocycles. The number of halogens is 1. The standard InChI is InChI=1S/C17H20FNO4S2/c1-22-16-5-4-13(18)11-17(16)25(20,21)19(12-15-3-2-10-24-15)14-6-8-23-9-7-14/h2-5,10-11,14H,6-9,12H2,1H3. The highest BCUT2D eigenvalue weighted by molar-refractivity contribution is 7.89. The molecule has 3 rings (SSSR count). The third-order valence-electron chi connectivity index (χ3n) is 4.20. The Kier molecular flexibility index (Phi) is 5.73. The molecule has 136 valence electrons. The van der Waals surface area contributed by atoms with Crippen LogP contribution in [0, 0.1) is 5.82 Å². The van der Waals surface area contributed by atoms with Gasteiger partial charge in [-0.2, -0.15) is 4.31 Å². The molecule has 0 atom stereocenters. The third-order valence-corrected chi connectivity index (χ3v) is 6.98. The van der Waals surface area contributed by atoms with Gasteiger partial charge in [0.1, 0.15) is 16.5 Å². The maximum Gasteiger partial charge on any atom is 0.247 e. The van der Waals surface area contributed by atoms with Crippen molar-refractivity contribution in [3.8, 4) is 5.75 Å². The van der Waals surface area contributed by atoms with Crippen LogP contribution in [-0.4, -0.2) is 39.1 Å². The van der Waals surface area contributed by atoms with Gasteiger partial charge in [-0.1, -0.05) is 6.07 Å². The molecule has 2 aromatic rings. The van der Waals surface area contributed by atoms with Crippen molar-refractivity contribution in [2.75, 3.05) is 20.3 Å². The van der Waals surface area contributed by atoms with Crippen molar-refractivity contribution in [1.82, 2.24) is 4.31 Å². The number of nitrogens with zero attached hydrogens (tertiary/aromatic N) is 1. The van der Waals surface area contributed by atoms with E-state index < -0.39 is 15.8 Å². The van der Waals surface area contributed by atoms with Crippen molar-refractivity contribution in [3.63, 3.8) is 0 Å². The second-order valence-corrected chi connectivity index (χ2v) is 8.66. The van der Waals surface area contributed by atoms with Crippen molar-refractivity contribution in [2.24, 2.45) is 0 Å². The van der Waals surface area contributed by atoms with Gasteiger partial charge in [-0.3, -0.25) is 0 Å². The highest BCUT2D eigenvalue weighted by Crippen LogP contribution is 2.32. The summed E-state index contributed by atoms with van der Waals surface area (Å²) in [5.74, 6) is -0.466. The molecule has 1 saturated heterocycles. The van der Waals surface area contributed by atoms with Gasteiger partial charge in [0, 0.05) is 30.7 Å². The molecule has 1 fully saturated rings. The van der Waals surface area contributed by atoms with E-state index in [1.807, 2.05) is 17.5 Å². The zero-order chi connectivity index (χ0) is 17.9. The third kappa shape index (κ3) is 4.03. The number of thiophene rings is 1. The molecular weight excluding hydrogens is 365 g/mol. The molecule has 0 spiro atoms. The molecule has 0 unspecified atom stereocenters. The monoisotopic (exact) mass is 385 g/mol. The number of benzene rings is 1. The number of hydrogen-bond donors (Lipinski definition) is 0. The smallest absolute Gasteiger partial charge is 0.247 e. The molecule has 1 aliphatic rings. The van der Waals surface area contributed by atoms with Crippen molar-refractivity contribution < 1.29 is 22.3 Å². The number of ether oxygens (including phenoxy) is 2. The first kappa shape index (κ1) is 18.3. The maximum absolute atomic E-state index is 13.7. The summed E-state index contributed by atoms with van der Waals surface area (Å²) in [5.41, 5.74) is 0. The van der Waals surface area contributed by atoms with E-state index in [1.54, 1.807) is 0 Å². The Morgan fingerprint density at radius 3 is 2.72 bits per heavy atom. The lowest BCUT2D eigenvalue weighted by Crippen LogP contribution is -2.42. The first-order valence-corrected chi connectivity index (χ1v) is 10.3. The van der Waals surface area contributed by atoms with E-state index in [2.05, 4.69) is 0 Å². The van der Waals surface area contributed by atoms with Crippen LogP contribution in [0.2, 0.25) is 0 Å². The van der Waals surface area contributed by atoms with E-state index in [4.69, 9.17) is 9.47 Å². The summed E-state index contributed by atoms with van der Waals surface area (Å²) < 4.78 is 52.4. The number of rotatable bonds is 6. The van der Waals surface area contributed by atoms with Crippen molar-refractivity contribution in [3.05, 3.63) is 46.4 Å². The van der Waals surface area contributed by atoms with Crippen LogP contribution in [0.3, 0.4) is 0 Å². The predicted molar refractivity (Wildman–Crippen MR) is 93.8 cm³/mol. The van der Waals surface area contributed by atoms with Crippen LogP contribution in [0.1, 0.15) is 17.7 Å². The summed E-state index contributed by atoms with van der Waals surface area (Å²) >= 11 is 1.50. The topological polar surface area (TPSA) is 55.8 Å². The molecule has 0 saturated carbocycles. The Labute approximate surface area is 151 Å². The van der Waals surface area contributed by atoms with Gasteiger partial charge in [0.2, 0.25) is 10.0 Å². The van der Waals surface area contributed by atoms with Gasteiger partial charge in [0.25, 0.3) is 0 Å². The quantitative estimate of drug-likeness (QED) is 0.766. The zero-order valence-corrected chi connectivity index (χ0v) is 15.5. The Bertz CT molecular complexity index is 802. The molecule has 1 aromatic heterocycles. The van der Waals surface area contributed by atoms with Crippen molar-refractivity contribution >= 4 is 21.4 Å². The molecule has 25 heavy (non-hydrogen) atoms. The van der Waals surface area contributed by atoms with Crippen LogP contribution in [0.15, 0.2) is 40.6 Å². The lowest BCUT2D eigenvalue weighted by atomic mass is 10.1. The van der Waals surface area contributed by atoms with Crippen LogP contribution in [-0.2, 0) is 21.3 Å². The first-order chi connectivity index (χ1) is 12.0. The number of sulfonamides is 1. The molecule has 8 heteroatoms. The minimum atomic E-state index is -3.92. The molecule has 0 bridgehead atoms. The van der Waals surface area contributed by atoms with E-state index in [9.17, 15) is 12.8 Å². The molecule has 2 heterocycles. The van der Waals surface area contributed by atoms with Gasteiger partial charge in [0.05, 0.1) is 7.11 Å². The zero-order valence-electron chi connectivity index (χ0n) is 13.9. The van der Waals surface area contributed by atoms with E-state index >= 15 is 0 Å². The minimum Gasteiger partial charge on any atom is -0.495 e. The van der Waals surface area contributed by atoms with Gasteiger partial charge in [-0.15, -0.1) is 11.3 Å². The van der Waals surface area contributed by atoms with Crippen LogP contribution < -0.4 is 4.74 Å². The summed E-state index contributed by atoms with van der Waals surface area (Å²) in [6.07, 6.45) is 1.23. The van der Waals surface area contributed by atoms with E-state index in [0.717, 1.165) is 10.9 Å². The normalized spacial score (nSPS) is 16.3. The molecule has 5 nitrogen and oxygen atoms in total. The van der Waals surface area contributed by atoms with E-state index in [1.165, 1.54) is 34.9 Å². The lowest BCUT2D eigenvalue weighted by molar-refractivity contribution is 0.0571. The highest BCUT2D eigenvalue weighted by Gasteiger charge is 2.35. The average Bonchev–Trinajstić information content (AvgIpc) is 3.13. The molecule has 0 N–H and O–H groups in total. The van der Waals surface area contributed by atoms with E-state index in [0.29, 0.717) is 26.1 Å². The minimum absolute atomic E-state index is 0.141. The molecule has 0 radical (unpaired) electrons. The lowest BCUT2D eigenvalue weighted by Gasteiger charge is -2.33. The van der Waals surface area contributed by atoms with E-state index in [-0.39, 0.29) is 23.2 Å². The van der Waals surface area contributed by atoms with Crippen LogP contribution in [0.5, 0.6) is 5.75 Å². The largest absolute Gasteiger partial charge is 0.495 e. The number of hydrogen-bond acceptors (Lipinski definition) is 5. The average molecular weight is 385 g/mol. The van der Waals surface area contributed by atoms with Crippen LogP contribution in [0.4, 0.5) is 4.39 Å². The fraction of sp³-hybridized carbons (Fsp3) is 0.412. The van der Waals surface area contributed by atoms with Crippen molar-refractivity contribution in [2.45, 2.75) is 30.3 Å². The second kappa shape index (κ2) is 7.82. The van der Waals surface area contributed by atoms with Crippen LogP contribution in [0.25, 0.3) is 0 Å². The van der Waals surface area contributed by atoms with Crippen LogP contribution >= 0.6 is 11.3 Å². The Morgan fingerprint density at radius 2 is 2.08 bits per heavy atom. The first-order valence-electron chi connectivity index (χ1n) is 7.98. The molecule has 1 aliphatic heterocycles. The summed E-state index contributed by atoms with van der Waals surface area (Å²) in [6, 6.07) is 7.15. The summed E-state index contributed by atoms with van der Waals surface area (Å²) in [6.45, 7) is 1.28. The van der Waals surface area contributed by atoms with Gasteiger partial charge in [0.15, 0.2) is 0 Å². The van der Waals surface area contributed by atoms with Gasteiger partial charge in [-0.25, -0.2) is 12.8 Å². The van der Waals surface area contributed by atoms with Gasteiger partial charge in [-0.05, 0) is 42.5 Å². The summed E-state index contributed by atoms with van der Waals surface area (Å²) in [7, 11) is -2.54. The van der Waals surface area contributed by atoms with Crippen molar-refractivity contribution in [1.29, 1.82) is 0 Å². The highest BCUT2D eigenvalue weighted by atomic mass is 32.2. The SMILES string of the molecule is COc1ccc(F)cc1S(=O)(=O)N(Cc1cccs1)C1CCOCC1. The maximum atomic E-state index is 13.7. The Hall–Kier alpha value is -1.48. The second-order valence-electron chi connectivity index (χ2n) is 5.77. The Balaban J connectivity index is 2.02. The summed E-state index contributed by atoms with van der Waals surface area (Å²) in [5, 5.41) is 1.91. The summed E-state index contributed by atoms with van der Waals surface area (Å²) in [4.78, 5) is 0.795. The fourth-order valence-corrected chi connectivity index (χ4v) is 5.53.